The van der Waals surface area contributed by atoms with Gasteiger partial charge in [0.05, 0.1) is 11.2 Å². The van der Waals surface area contributed by atoms with Crippen molar-refractivity contribution in [3.05, 3.63) is 88.5 Å². The molecule has 0 saturated heterocycles. The molecule has 0 aliphatic heterocycles. The molecule has 1 aliphatic rings. The van der Waals surface area contributed by atoms with Crippen LogP contribution in [0.5, 0.6) is 0 Å². The van der Waals surface area contributed by atoms with Crippen LogP contribution in [0.15, 0.2) is 60.7 Å². The second kappa shape index (κ2) is 5.62. The maximum atomic E-state index is 12.9. The average molecular weight is 349 g/mol. The predicted octanol–water partition coefficient (Wildman–Crippen LogP) is 6.04. The third-order valence-corrected chi connectivity index (χ3v) is 5.30. The fraction of sp³-hybridized carbons (Fsp3) is 0.120. The SMILES string of the molecule is Cc1cc(C)cc(-c2ccc3cc4c(cc3n2)C(=O)c2cc(C)ccc2-4)c1. The van der Waals surface area contributed by atoms with Gasteiger partial charge in [-0.15, -0.1) is 0 Å². The van der Waals surface area contributed by atoms with Gasteiger partial charge in [-0.05, 0) is 68.3 Å². The number of aryl methyl sites for hydroxylation is 3. The molecule has 0 unspecified atom stereocenters. The van der Waals surface area contributed by atoms with Crippen LogP contribution < -0.4 is 0 Å². The zero-order chi connectivity index (χ0) is 18.7. The van der Waals surface area contributed by atoms with Crippen molar-refractivity contribution in [1.82, 2.24) is 4.98 Å². The second-order valence-electron chi connectivity index (χ2n) is 7.54. The van der Waals surface area contributed by atoms with E-state index in [1.807, 2.05) is 19.1 Å². The van der Waals surface area contributed by atoms with E-state index in [0.29, 0.717) is 0 Å². The molecule has 4 aromatic rings. The molecule has 0 N–H and O–H groups in total. The first-order chi connectivity index (χ1) is 13.0. The van der Waals surface area contributed by atoms with Gasteiger partial charge in [0.25, 0.3) is 0 Å². The van der Waals surface area contributed by atoms with Gasteiger partial charge < -0.3 is 0 Å². The average Bonchev–Trinajstić information content (AvgIpc) is 2.90. The molecule has 1 heterocycles. The van der Waals surface area contributed by atoms with Crippen LogP contribution in [0.4, 0.5) is 0 Å². The van der Waals surface area contributed by atoms with E-state index in [4.69, 9.17) is 4.98 Å². The molecule has 0 bridgehead atoms. The number of ketones is 1. The summed E-state index contributed by atoms with van der Waals surface area (Å²) < 4.78 is 0. The first-order valence-electron chi connectivity index (χ1n) is 9.19. The summed E-state index contributed by atoms with van der Waals surface area (Å²) in [5.41, 5.74) is 10.1. The van der Waals surface area contributed by atoms with Gasteiger partial charge in [0, 0.05) is 22.1 Å². The smallest absolute Gasteiger partial charge is 0.194 e. The van der Waals surface area contributed by atoms with Crippen LogP contribution in [-0.2, 0) is 0 Å². The largest absolute Gasteiger partial charge is 0.289 e. The summed E-state index contributed by atoms with van der Waals surface area (Å²) in [4.78, 5) is 17.8. The van der Waals surface area contributed by atoms with Crippen LogP contribution in [0, 0.1) is 20.8 Å². The van der Waals surface area contributed by atoms with Crippen LogP contribution in [0.3, 0.4) is 0 Å². The van der Waals surface area contributed by atoms with Crippen molar-refractivity contribution in [3.8, 4) is 22.4 Å². The van der Waals surface area contributed by atoms with E-state index in [1.54, 1.807) is 0 Å². The number of rotatable bonds is 1. The summed E-state index contributed by atoms with van der Waals surface area (Å²) in [7, 11) is 0. The number of nitrogens with zero attached hydrogens (tertiary/aromatic N) is 1. The number of carbonyl (C=O) groups excluding carboxylic acids is 1. The standard InChI is InChI=1S/C25H19NO/c1-14-4-6-19-20-12-17-5-7-23(18-9-15(2)8-16(3)10-18)26-24(17)13-22(20)25(27)21(19)11-14/h4-13H,1-3H3. The molecule has 27 heavy (non-hydrogen) atoms. The Hall–Kier alpha value is -3.26. The fourth-order valence-electron chi connectivity index (χ4n) is 4.09. The Labute approximate surface area is 158 Å². The molecule has 2 nitrogen and oxygen atoms in total. The fourth-order valence-corrected chi connectivity index (χ4v) is 4.09. The van der Waals surface area contributed by atoms with Crippen LogP contribution >= 0.6 is 0 Å². The quantitative estimate of drug-likeness (QED) is 0.369. The molecule has 5 rings (SSSR count). The van der Waals surface area contributed by atoms with Gasteiger partial charge in [0.2, 0.25) is 0 Å². The summed E-state index contributed by atoms with van der Waals surface area (Å²) in [6.45, 7) is 6.22. The van der Waals surface area contributed by atoms with E-state index in [9.17, 15) is 4.79 Å². The van der Waals surface area contributed by atoms with E-state index >= 15 is 0 Å². The molecule has 1 aliphatic carbocycles. The van der Waals surface area contributed by atoms with E-state index in [1.165, 1.54) is 11.1 Å². The van der Waals surface area contributed by atoms with Crippen molar-refractivity contribution in [3.63, 3.8) is 0 Å². The topological polar surface area (TPSA) is 30.0 Å². The number of pyridine rings is 1. The molecule has 2 heteroatoms. The number of fused-ring (bicyclic) bond motifs is 4. The van der Waals surface area contributed by atoms with Gasteiger partial charge in [-0.25, -0.2) is 4.98 Å². The van der Waals surface area contributed by atoms with Gasteiger partial charge in [0.1, 0.15) is 0 Å². The minimum atomic E-state index is 0.101. The van der Waals surface area contributed by atoms with Crippen molar-refractivity contribution in [2.75, 3.05) is 0 Å². The monoisotopic (exact) mass is 349 g/mol. The Morgan fingerprint density at radius 2 is 1.37 bits per heavy atom. The van der Waals surface area contributed by atoms with Gasteiger partial charge in [-0.1, -0.05) is 41.0 Å². The molecule has 0 amide bonds. The molecular formula is C25H19NO. The number of benzene rings is 3. The number of aromatic nitrogens is 1. The van der Waals surface area contributed by atoms with E-state index < -0.39 is 0 Å². The second-order valence-corrected chi connectivity index (χ2v) is 7.54. The highest BCUT2D eigenvalue weighted by molar-refractivity contribution is 6.23. The zero-order valence-corrected chi connectivity index (χ0v) is 15.6. The highest BCUT2D eigenvalue weighted by atomic mass is 16.1. The molecule has 0 atom stereocenters. The first-order valence-corrected chi connectivity index (χ1v) is 9.19. The Kier molecular flexibility index (Phi) is 3.32. The summed E-state index contributed by atoms with van der Waals surface area (Å²) in [6.07, 6.45) is 0. The van der Waals surface area contributed by atoms with Crippen LogP contribution in [0.2, 0.25) is 0 Å². The molecule has 0 fully saturated rings. The minimum Gasteiger partial charge on any atom is -0.289 e. The molecule has 130 valence electrons. The van der Waals surface area contributed by atoms with Crippen molar-refractivity contribution >= 4 is 16.7 Å². The van der Waals surface area contributed by atoms with Crippen molar-refractivity contribution < 1.29 is 4.79 Å². The van der Waals surface area contributed by atoms with Gasteiger partial charge in [-0.2, -0.15) is 0 Å². The van der Waals surface area contributed by atoms with Crippen LogP contribution in [-0.4, -0.2) is 10.8 Å². The van der Waals surface area contributed by atoms with Crippen molar-refractivity contribution in [2.45, 2.75) is 20.8 Å². The third-order valence-electron chi connectivity index (χ3n) is 5.30. The van der Waals surface area contributed by atoms with Gasteiger partial charge in [-0.3, -0.25) is 4.79 Å². The normalized spacial score (nSPS) is 12.3. The third kappa shape index (κ3) is 2.48. The Morgan fingerprint density at radius 1 is 0.630 bits per heavy atom. The summed E-state index contributed by atoms with van der Waals surface area (Å²) >= 11 is 0. The molecule has 0 radical (unpaired) electrons. The number of hydrogen-bond acceptors (Lipinski definition) is 2. The van der Waals surface area contributed by atoms with Crippen molar-refractivity contribution in [1.29, 1.82) is 0 Å². The summed E-state index contributed by atoms with van der Waals surface area (Å²) in [5, 5.41) is 1.06. The van der Waals surface area contributed by atoms with Crippen LogP contribution in [0.1, 0.15) is 32.6 Å². The Bertz CT molecular complexity index is 1250. The highest BCUT2D eigenvalue weighted by Crippen LogP contribution is 2.39. The van der Waals surface area contributed by atoms with Gasteiger partial charge >= 0.3 is 0 Å². The Morgan fingerprint density at radius 3 is 2.15 bits per heavy atom. The first kappa shape index (κ1) is 16.0. The minimum absolute atomic E-state index is 0.101. The maximum absolute atomic E-state index is 12.9. The summed E-state index contributed by atoms with van der Waals surface area (Å²) in [5.74, 6) is 0.101. The summed E-state index contributed by atoms with van der Waals surface area (Å²) in [6, 6.07) is 20.8. The van der Waals surface area contributed by atoms with Crippen LogP contribution in [0.25, 0.3) is 33.3 Å². The lowest BCUT2D eigenvalue weighted by atomic mass is 10.0. The molecule has 3 aromatic carbocycles. The highest BCUT2D eigenvalue weighted by Gasteiger charge is 2.27. The van der Waals surface area contributed by atoms with E-state index in [2.05, 4.69) is 62.4 Å². The lowest BCUT2D eigenvalue weighted by molar-refractivity contribution is 0.104. The van der Waals surface area contributed by atoms with Gasteiger partial charge in [0.15, 0.2) is 5.78 Å². The van der Waals surface area contributed by atoms with E-state index in [-0.39, 0.29) is 5.78 Å². The van der Waals surface area contributed by atoms with Crippen molar-refractivity contribution in [2.24, 2.45) is 0 Å². The molecule has 0 spiro atoms. The lowest BCUT2D eigenvalue weighted by Gasteiger charge is -2.08. The Balaban J connectivity index is 1.70. The zero-order valence-electron chi connectivity index (χ0n) is 15.6. The number of carbonyl (C=O) groups is 1. The maximum Gasteiger partial charge on any atom is 0.194 e. The lowest BCUT2D eigenvalue weighted by Crippen LogP contribution is -1.96. The molecule has 1 aromatic heterocycles. The molecule has 0 saturated carbocycles. The predicted molar refractivity (Wildman–Crippen MR) is 110 cm³/mol. The van der Waals surface area contributed by atoms with E-state index in [0.717, 1.165) is 50.0 Å². The number of hydrogen-bond donors (Lipinski definition) is 0. The molecular weight excluding hydrogens is 330 g/mol.